The zero-order chi connectivity index (χ0) is 22.5. The molecule has 3 aromatic rings. The van der Waals surface area contributed by atoms with Crippen molar-refractivity contribution in [2.75, 3.05) is 11.1 Å². The first-order chi connectivity index (χ1) is 14.7. The van der Waals surface area contributed by atoms with E-state index >= 15 is 0 Å². The van der Waals surface area contributed by atoms with Gasteiger partial charge in [-0.2, -0.15) is 0 Å². The number of carbonyl (C=O) groups excluding carboxylic acids is 1. The van der Waals surface area contributed by atoms with Gasteiger partial charge in [-0.1, -0.05) is 23.4 Å². The van der Waals surface area contributed by atoms with Crippen LogP contribution < -0.4 is 10.1 Å². The van der Waals surface area contributed by atoms with Crippen LogP contribution in [0.4, 0.5) is 14.5 Å². The zero-order valence-corrected chi connectivity index (χ0v) is 18.7. The van der Waals surface area contributed by atoms with Crippen molar-refractivity contribution in [3.8, 4) is 5.75 Å². The number of thioether (sulfide) groups is 1. The van der Waals surface area contributed by atoms with E-state index in [1.54, 1.807) is 12.1 Å². The van der Waals surface area contributed by atoms with Crippen LogP contribution in [0.25, 0.3) is 0 Å². The van der Waals surface area contributed by atoms with Gasteiger partial charge < -0.3 is 14.6 Å². The van der Waals surface area contributed by atoms with E-state index in [9.17, 15) is 13.6 Å². The summed E-state index contributed by atoms with van der Waals surface area (Å²) in [5, 5.41) is 11.6. The van der Waals surface area contributed by atoms with Crippen LogP contribution in [-0.4, -0.2) is 26.4 Å². The number of rotatable bonds is 8. The summed E-state index contributed by atoms with van der Waals surface area (Å²) < 4.78 is 34.1. The maximum atomic E-state index is 13.3. The Morgan fingerprint density at radius 1 is 1.16 bits per heavy atom. The van der Waals surface area contributed by atoms with E-state index in [-0.39, 0.29) is 28.5 Å². The van der Waals surface area contributed by atoms with E-state index in [1.165, 1.54) is 42.1 Å². The van der Waals surface area contributed by atoms with Gasteiger partial charge in [0.1, 0.15) is 17.4 Å². The largest absolute Gasteiger partial charge is 0.483 e. The molecule has 0 saturated heterocycles. The highest BCUT2D eigenvalue weighted by Crippen LogP contribution is 2.28. The molecule has 0 radical (unpaired) electrons. The molecule has 0 aliphatic heterocycles. The van der Waals surface area contributed by atoms with Crippen LogP contribution in [0.5, 0.6) is 5.75 Å². The molecule has 1 aromatic heterocycles. The number of hydrogen-bond acceptors (Lipinski definition) is 5. The number of anilines is 1. The van der Waals surface area contributed by atoms with Crippen molar-refractivity contribution in [3.05, 3.63) is 64.9 Å². The smallest absolute Gasteiger partial charge is 0.234 e. The molecule has 1 amide bonds. The summed E-state index contributed by atoms with van der Waals surface area (Å²) in [6.07, 6.45) is -0.440. The Labute approximate surface area is 188 Å². The van der Waals surface area contributed by atoms with Gasteiger partial charge in [0.15, 0.2) is 17.1 Å². The highest BCUT2D eigenvalue weighted by molar-refractivity contribution is 7.99. The Bertz CT molecular complexity index is 1060. The van der Waals surface area contributed by atoms with Crippen molar-refractivity contribution in [1.82, 2.24) is 14.8 Å². The molecule has 10 heteroatoms. The van der Waals surface area contributed by atoms with Crippen LogP contribution in [0.2, 0.25) is 5.02 Å². The molecule has 0 saturated carbocycles. The van der Waals surface area contributed by atoms with Crippen molar-refractivity contribution in [3.63, 3.8) is 0 Å². The van der Waals surface area contributed by atoms with Gasteiger partial charge >= 0.3 is 0 Å². The van der Waals surface area contributed by atoms with Gasteiger partial charge in [-0.15, -0.1) is 10.2 Å². The second kappa shape index (κ2) is 10.1. The lowest BCUT2D eigenvalue weighted by atomic mass is 10.3. The number of carbonyl (C=O) groups is 1. The molecule has 2 aromatic carbocycles. The highest BCUT2D eigenvalue weighted by Gasteiger charge is 2.22. The average molecular weight is 467 g/mol. The Morgan fingerprint density at radius 2 is 1.87 bits per heavy atom. The van der Waals surface area contributed by atoms with Crippen LogP contribution in [0.1, 0.15) is 38.7 Å². The van der Waals surface area contributed by atoms with E-state index < -0.39 is 11.9 Å². The van der Waals surface area contributed by atoms with Crippen molar-refractivity contribution in [2.24, 2.45) is 0 Å². The number of halogens is 3. The number of benzene rings is 2. The lowest BCUT2D eigenvalue weighted by Crippen LogP contribution is -2.16. The third-order valence-electron chi connectivity index (χ3n) is 4.23. The molecule has 6 nitrogen and oxygen atoms in total. The minimum absolute atomic E-state index is 0.0192. The standard InChI is InChI=1S/C21H21ClF2N4O2S/c1-12(2)28-20(13(3)30-16-7-4-14(23)5-8-16)26-27-21(28)31-11-19(29)25-15-6-9-18(24)17(22)10-15/h4-10,12-13H,11H2,1-3H3,(H,25,29). The Hall–Kier alpha value is -2.65. The van der Waals surface area contributed by atoms with E-state index in [4.69, 9.17) is 16.3 Å². The van der Waals surface area contributed by atoms with Crippen molar-refractivity contribution in [1.29, 1.82) is 0 Å². The van der Waals surface area contributed by atoms with E-state index in [0.717, 1.165) is 0 Å². The fourth-order valence-corrected chi connectivity index (χ4v) is 3.88. The molecule has 31 heavy (non-hydrogen) atoms. The van der Waals surface area contributed by atoms with Crippen LogP contribution in [-0.2, 0) is 4.79 Å². The number of nitrogens with one attached hydrogen (secondary N) is 1. The molecule has 0 spiro atoms. The van der Waals surface area contributed by atoms with Gasteiger partial charge in [0.25, 0.3) is 0 Å². The third-order valence-corrected chi connectivity index (χ3v) is 5.47. The molecule has 1 heterocycles. The van der Waals surface area contributed by atoms with E-state index in [0.29, 0.717) is 22.4 Å². The maximum absolute atomic E-state index is 13.3. The van der Waals surface area contributed by atoms with Gasteiger partial charge in [-0.3, -0.25) is 4.79 Å². The summed E-state index contributed by atoms with van der Waals surface area (Å²) in [7, 11) is 0. The second-order valence-electron chi connectivity index (χ2n) is 6.98. The van der Waals surface area contributed by atoms with E-state index in [2.05, 4.69) is 15.5 Å². The summed E-state index contributed by atoms with van der Waals surface area (Å²) in [4.78, 5) is 12.3. The van der Waals surface area contributed by atoms with Gasteiger partial charge in [0.2, 0.25) is 5.91 Å². The molecule has 0 bridgehead atoms. The molecule has 1 N–H and O–H groups in total. The molecule has 0 aliphatic carbocycles. The van der Waals surface area contributed by atoms with Gasteiger partial charge in [-0.05, 0) is 63.2 Å². The Morgan fingerprint density at radius 3 is 2.52 bits per heavy atom. The van der Waals surface area contributed by atoms with Crippen LogP contribution >= 0.6 is 23.4 Å². The third kappa shape index (κ3) is 5.95. The molecular formula is C21H21ClF2N4O2S. The Balaban J connectivity index is 1.67. The summed E-state index contributed by atoms with van der Waals surface area (Å²) in [5.74, 6) is -0.00390. The van der Waals surface area contributed by atoms with E-state index in [1.807, 2.05) is 25.3 Å². The number of aromatic nitrogens is 3. The summed E-state index contributed by atoms with van der Waals surface area (Å²) in [6, 6.07) is 9.73. The first-order valence-electron chi connectivity index (χ1n) is 9.49. The monoisotopic (exact) mass is 466 g/mol. The van der Waals surface area contributed by atoms with Crippen molar-refractivity contribution in [2.45, 2.75) is 38.1 Å². The number of nitrogens with zero attached hydrogens (tertiary/aromatic N) is 3. The lowest BCUT2D eigenvalue weighted by Gasteiger charge is -2.18. The zero-order valence-electron chi connectivity index (χ0n) is 17.1. The molecule has 164 valence electrons. The fourth-order valence-electron chi connectivity index (χ4n) is 2.82. The van der Waals surface area contributed by atoms with Gasteiger partial charge in [0, 0.05) is 11.7 Å². The first kappa shape index (κ1) is 23.0. The second-order valence-corrected chi connectivity index (χ2v) is 8.33. The van der Waals surface area contributed by atoms with Gasteiger partial charge in [-0.25, -0.2) is 8.78 Å². The van der Waals surface area contributed by atoms with Crippen LogP contribution in [0, 0.1) is 11.6 Å². The molecule has 3 rings (SSSR count). The Kier molecular flexibility index (Phi) is 7.50. The minimum atomic E-state index is -0.552. The fraction of sp³-hybridized carbons (Fsp3) is 0.286. The predicted octanol–water partition coefficient (Wildman–Crippen LogP) is 5.66. The lowest BCUT2D eigenvalue weighted by molar-refractivity contribution is -0.113. The molecular weight excluding hydrogens is 446 g/mol. The highest BCUT2D eigenvalue weighted by atomic mass is 35.5. The predicted molar refractivity (Wildman–Crippen MR) is 117 cm³/mol. The SMILES string of the molecule is CC(Oc1ccc(F)cc1)c1nnc(SCC(=O)Nc2ccc(F)c(Cl)c2)n1C(C)C. The quantitative estimate of drug-likeness (QED) is 0.434. The molecule has 0 aliphatic rings. The number of hydrogen-bond donors (Lipinski definition) is 1. The summed E-state index contributed by atoms with van der Waals surface area (Å²) >= 11 is 6.96. The van der Waals surface area contributed by atoms with Crippen LogP contribution in [0.15, 0.2) is 47.6 Å². The number of amides is 1. The molecule has 1 unspecified atom stereocenters. The summed E-state index contributed by atoms with van der Waals surface area (Å²) in [5.41, 5.74) is 0.407. The first-order valence-corrected chi connectivity index (χ1v) is 10.9. The molecule has 1 atom stereocenters. The topological polar surface area (TPSA) is 69.0 Å². The summed E-state index contributed by atoms with van der Waals surface area (Å²) in [6.45, 7) is 5.77. The molecule has 0 fully saturated rings. The van der Waals surface area contributed by atoms with Crippen molar-refractivity contribution >= 4 is 35.0 Å². The number of ether oxygens (including phenoxy) is 1. The average Bonchev–Trinajstić information content (AvgIpc) is 3.15. The minimum Gasteiger partial charge on any atom is -0.483 e. The van der Waals surface area contributed by atoms with Crippen molar-refractivity contribution < 1.29 is 18.3 Å². The normalized spacial score (nSPS) is 12.1. The van der Waals surface area contributed by atoms with Crippen LogP contribution in [0.3, 0.4) is 0 Å². The van der Waals surface area contributed by atoms with Gasteiger partial charge in [0.05, 0.1) is 10.8 Å². The maximum Gasteiger partial charge on any atom is 0.234 e.